The first kappa shape index (κ1) is 16.4. The summed E-state index contributed by atoms with van der Waals surface area (Å²) in [4.78, 5) is 6.57. The SMILES string of the molecule is CN=C(NCc1ccc(N2CC=CC2)cc1)NC(C)COC. The van der Waals surface area contributed by atoms with E-state index in [-0.39, 0.29) is 6.04 Å². The number of anilines is 1. The first-order valence-corrected chi connectivity index (χ1v) is 7.68. The minimum absolute atomic E-state index is 0.223. The molecule has 5 heteroatoms. The van der Waals surface area contributed by atoms with Crippen molar-refractivity contribution in [2.24, 2.45) is 4.99 Å². The van der Waals surface area contributed by atoms with E-state index in [2.05, 4.69) is 63.9 Å². The highest BCUT2D eigenvalue weighted by Gasteiger charge is 2.07. The minimum Gasteiger partial charge on any atom is -0.383 e. The number of rotatable bonds is 6. The van der Waals surface area contributed by atoms with Crippen LogP contribution in [0.3, 0.4) is 0 Å². The van der Waals surface area contributed by atoms with Crippen molar-refractivity contribution in [3.05, 3.63) is 42.0 Å². The lowest BCUT2D eigenvalue weighted by molar-refractivity contribution is 0.179. The van der Waals surface area contributed by atoms with Gasteiger partial charge in [0, 0.05) is 45.5 Å². The molecule has 0 fully saturated rings. The summed E-state index contributed by atoms with van der Waals surface area (Å²) in [6.45, 7) is 5.48. The zero-order valence-corrected chi connectivity index (χ0v) is 13.7. The van der Waals surface area contributed by atoms with Crippen LogP contribution in [-0.2, 0) is 11.3 Å². The monoisotopic (exact) mass is 302 g/mol. The second-order valence-corrected chi connectivity index (χ2v) is 5.47. The zero-order chi connectivity index (χ0) is 15.8. The van der Waals surface area contributed by atoms with Crippen molar-refractivity contribution in [1.82, 2.24) is 10.6 Å². The highest BCUT2D eigenvalue weighted by Crippen LogP contribution is 2.17. The standard InChI is InChI=1S/C17H26N4O/c1-14(13-22-3)20-17(18-2)19-12-15-6-8-16(9-7-15)21-10-4-5-11-21/h4-9,14H,10-13H2,1-3H3,(H2,18,19,20). The van der Waals surface area contributed by atoms with Crippen molar-refractivity contribution in [2.75, 3.05) is 38.8 Å². The van der Waals surface area contributed by atoms with Gasteiger partial charge in [0.15, 0.2) is 5.96 Å². The Morgan fingerprint density at radius 3 is 2.55 bits per heavy atom. The second kappa shape index (κ2) is 8.44. The molecule has 0 spiro atoms. The third kappa shape index (κ3) is 4.77. The normalized spacial score (nSPS) is 16.0. The molecule has 1 heterocycles. The zero-order valence-electron chi connectivity index (χ0n) is 13.7. The number of nitrogens with zero attached hydrogens (tertiary/aromatic N) is 2. The molecule has 1 aromatic rings. The molecule has 0 amide bonds. The largest absolute Gasteiger partial charge is 0.383 e. The Kier molecular flexibility index (Phi) is 6.27. The number of nitrogens with one attached hydrogen (secondary N) is 2. The predicted octanol–water partition coefficient (Wildman–Crippen LogP) is 1.76. The van der Waals surface area contributed by atoms with Crippen LogP contribution in [0.15, 0.2) is 41.4 Å². The summed E-state index contributed by atoms with van der Waals surface area (Å²) in [5.41, 5.74) is 2.50. The fourth-order valence-electron chi connectivity index (χ4n) is 2.42. The topological polar surface area (TPSA) is 48.9 Å². The number of ether oxygens (including phenoxy) is 1. The van der Waals surface area contributed by atoms with Crippen LogP contribution in [0.25, 0.3) is 0 Å². The smallest absolute Gasteiger partial charge is 0.191 e. The molecule has 5 nitrogen and oxygen atoms in total. The molecule has 0 saturated heterocycles. The lowest BCUT2D eigenvalue weighted by Crippen LogP contribution is -2.43. The molecule has 1 aliphatic heterocycles. The Morgan fingerprint density at radius 1 is 1.27 bits per heavy atom. The lowest BCUT2D eigenvalue weighted by Gasteiger charge is -2.19. The molecule has 1 aromatic carbocycles. The molecule has 0 radical (unpaired) electrons. The number of benzene rings is 1. The Bertz CT molecular complexity index is 502. The average molecular weight is 302 g/mol. The molecule has 1 aliphatic rings. The molecular formula is C17H26N4O. The van der Waals surface area contributed by atoms with Crippen molar-refractivity contribution in [3.8, 4) is 0 Å². The molecule has 0 aromatic heterocycles. The summed E-state index contributed by atoms with van der Waals surface area (Å²) >= 11 is 0. The molecule has 1 atom stereocenters. The van der Waals surface area contributed by atoms with Crippen molar-refractivity contribution < 1.29 is 4.74 Å². The van der Waals surface area contributed by atoms with E-state index in [4.69, 9.17) is 4.74 Å². The molecule has 2 N–H and O–H groups in total. The minimum atomic E-state index is 0.223. The fourth-order valence-corrected chi connectivity index (χ4v) is 2.42. The van der Waals surface area contributed by atoms with Crippen LogP contribution < -0.4 is 15.5 Å². The average Bonchev–Trinajstić information content (AvgIpc) is 3.06. The van der Waals surface area contributed by atoms with E-state index in [1.807, 2.05) is 0 Å². The molecule has 2 rings (SSSR count). The Morgan fingerprint density at radius 2 is 1.95 bits per heavy atom. The fraction of sp³-hybridized carbons (Fsp3) is 0.471. The van der Waals surface area contributed by atoms with E-state index in [1.54, 1.807) is 14.2 Å². The maximum Gasteiger partial charge on any atom is 0.191 e. The van der Waals surface area contributed by atoms with Crippen LogP contribution in [-0.4, -0.2) is 45.9 Å². The van der Waals surface area contributed by atoms with Crippen molar-refractivity contribution >= 4 is 11.6 Å². The van der Waals surface area contributed by atoms with Gasteiger partial charge in [-0.05, 0) is 24.6 Å². The first-order chi connectivity index (χ1) is 10.7. The second-order valence-electron chi connectivity index (χ2n) is 5.47. The van der Waals surface area contributed by atoms with Gasteiger partial charge in [-0.25, -0.2) is 0 Å². The summed E-state index contributed by atoms with van der Waals surface area (Å²) in [5, 5.41) is 6.61. The van der Waals surface area contributed by atoms with Crippen LogP contribution in [0.1, 0.15) is 12.5 Å². The summed E-state index contributed by atoms with van der Waals surface area (Å²) in [7, 11) is 3.48. The van der Waals surface area contributed by atoms with Crippen LogP contribution >= 0.6 is 0 Å². The van der Waals surface area contributed by atoms with E-state index in [9.17, 15) is 0 Å². The number of aliphatic imine (C=N–C) groups is 1. The highest BCUT2D eigenvalue weighted by molar-refractivity contribution is 5.79. The quantitative estimate of drug-likeness (QED) is 0.478. The van der Waals surface area contributed by atoms with E-state index < -0.39 is 0 Å². The molecule has 0 bridgehead atoms. The Hall–Kier alpha value is -2.01. The third-order valence-corrected chi connectivity index (χ3v) is 3.60. The molecular weight excluding hydrogens is 276 g/mol. The summed E-state index contributed by atoms with van der Waals surface area (Å²) in [5.74, 6) is 0.789. The van der Waals surface area contributed by atoms with Crippen molar-refractivity contribution in [3.63, 3.8) is 0 Å². The maximum absolute atomic E-state index is 5.12. The van der Waals surface area contributed by atoms with Crippen LogP contribution in [0.4, 0.5) is 5.69 Å². The van der Waals surface area contributed by atoms with Crippen molar-refractivity contribution in [1.29, 1.82) is 0 Å². The lowest BCUT2D eigenvalue weighted by atomic mass is 10.2. The molecule has 22 heavy (non-hydrogen) atoms. The van der Waals surface area contributed by atoms with Crippen LogP contribution in [0, 0.1) is 0 Å². The molecule has 0 saturated carbocycles. The predicted molar refractivity (Wildman–Crippen MR) is 92.5 cm³/mol. The van der Waals surface area contributed by atoms with Gasteiger partial charge in [-0.15, -0.1) is 0 Å². The third-order valence-electron chi connectivity index (χ3n) is 3.60. The van der Waals surface area contributed by atoms with Gasteiger partial charge in [0.1, 0.15) is 0 Å². The highest BCUT2D eigenvalue weighted by atomic mass is 16.5. The van der Waals surface area contributed by atoms with Gasteiger partial charge in [0.05, 0.1) is 6.61 Å². The number of methoxy groups -OCH3 is 1. The molecule has 0 aliphatic carbocycles. The summed E-state index contributed by atoms with van der Waals surface area (Å²) in [6, 6.07) is 8.89. The van der Waals surface area contributed by atoms with Crippen LogP contribution in [0.2, 0.25) is 0 Å². The summed E-state index contributed by atoms with van der Waals surface area (Å²) < 4.78 is 5.12. The number of hydrogen-bond donors (Lipinski definition) is 2. The van der Waals surface area contributed by atoms with E-state index >= 15 is 0 Å². The molecule has 1 unspecified atom stereocenters. The first-order valence-electron chi connectivity index (χ1n) is 7.68. The number of hydrogen-bond acceptors (Lipinski definition) is 3. The van der Waals surface area contributed by atoms with Gasteiger partial charge < -0.3 is 20.3 Å². The van der Waals surface area contributed by atoms with Gasteiger partial charge in [0.2, 0.25) is 0 Å². The molecule has 120 valence electrons. The maximum atomic E-state index is 5.12. The van der Waals surface area contributed by atoms with E-state index in [0.717, 1.165) is 25.6 Å². The van der Waals surface area contributed by atoms with Gasteiger partial charge in [-0.2, -0.15) is 0 Å². The Balaban J connectivity index is 1.82. The van der Waals surface area contributed by atoms with Crippen molar-refractivity contribution in [2.45, 2.75) is 19.5 Å². The van der Waals surface area contributed by atoms with Gasteiger partial charge in [-0.1, -0.05) is 24.3 Å². The van der Waals surface area contributed by atoms with Gasteiger partial charge in [0.25, 0.3) is 0 Å². The van der Waals surface area contributed by atoms with E-state index in [0.29, 0.717) is 6.61 Å². The van der Waals surface area contributed by atoms with Gasteiger partial charge in [-0.3, -0.25) is 4.99 Å². The Labute approximate surface area is 133 Å². The van der Waals surface area contributed by atoms with Crippen LogP contribution in [0.5, 0.6) is 0 Å². The van der Waals surface area contributed by atoms with Gasteiger partial charge >= 0.3 is 0 Å². The summed E-state index contributed by atoms with van der Waals surface area (Å²) in [6.07, 6.45) is 4.40. The van der Waals surface area contributed by atoms with E-state index in [1.165, 1.54) is 11.3 Å². The number of guanidine groups is 1.